The van der Waals surface area contributed by atoms with Gasteiger partial charge in [0.15, 0.2) is 0 Å². The predicted molar refractivity (Wildman–Crippen MR) is 105 cm³/mol. The van der Waals surface area contributed by atoms with Crippen LogP contribution in [0.4, 0.5) is 4.39 Å². The minimum atomic E-state index is -0.275. The van der Waals surface area contributed by atoms with E-state index in [9.17, 15) is 4.39 Å². The summed E-state index contributed by atoms with van der Waals surface area (Å²) in [5.41, 5.74) is 1.88. The van der Waals surface area contributed by atoms with Crippen LogP contribution < -0.4 is 5.32 Å². The zero-order valence-electron chi connectivity index (χ0n) is 15.9. The molecule has 1 aromatic carbocycles. The standard InChI is InChI=1S/C21H27ClFN3O/c1-21(2)10-16(4-6-27-21)20(17-7-18(22)9-19(23)8-17)3-5-24-11-15-12-25-14-26-13-15/h7-9,12-14,16,20,24H,3-6,10-11H2,1-2H3/t16-,20+/m1/s1. The van der Waals surface area contributed by atoms with E-state index in [1.54, 1.807) is 6.07 Å². The lowest BCUT2D eigenvalue weighted by atomic mass is 9.75. The van der Waals surface area contributed by atoms with E-state index in [0.717, 1.165) is 50.1 Å². The number of halogens is 2. The lowest BCUT2D eigenvalue weighted by Crippen LogP contribution is -2.37. The first-order valence-corrected chi connectivity index (χ1v) is 9.85. The molecule has 1 saturated heterocycles. The van der Waals surface area contributed by atoms with E-state index in [4.69, 9.17) is 16.3 Å². The van der Waals surface area contributed by atoms with Gasteiger partial charge in [-0.1, -0.05) is 11.6 Å². The Hall–Kier alpha value is -1.56. The maximum atomic E-state index is 14.0. The van der Waals surface area contributed by atoms with Gasteiger partial charge in [0, 0.05) is 36.1 Å². The first kappa shape index (κ1) is 20.2. The van der Waals surface area contributed by atoms with E-state index in [2.05, 4.69) is 29.1 Å². The molecule has 0 aliphatic carbocycles. The number of benzene rings is 1. The smallest absolute Gasteiger partial charge is 0.124 e. The van der Waals surface area contributed by atoms with Gasteiger partial charge in [-0.25, -0.2) is 14.4 Å². The second-order valence-corrected chi connectivity index (χ2v) is 8.32. The molecule has 27 heavy (non-hydrogen) atoms. The second kappa shape index (κ2) is 9.09. The fraction of sp³-hybridized carbons (Fsp3) is 0.524. The summed E-state index contributed by atoms with van der Waals surface area (Å²) in [4.78, 5) is 8.07. The molecule has 146 valence electrons. The maximum absolute atomic E-state index is 14.0. The van der Waals surface area contributed by atoms with E-state index in [1.165, 1.54) is 12.4 Å². The molecule has 0 spiro atoms. The Bertz CT molecular complexity index is 721. The molecule has 4 nitrogen and oxygen atoms in total. The van der Waals surface area contributed by atoms with Crippen LogP contribution in [0.1, 0.15) is 50.2 Å². The number of aromatic nitrogens is 2. The van der Waals surface area contributed by atoms with Crippen LogP contribution in [-0.2, 0) is 11.3 Å². The van der Waals surface area contributed by atoms with Crippen molar-refractivity contribution in [2.75, 3.05) is 13.2 Å². The molecule has 1 fully saturated rings. The average molecular weight is 392 g/mol. The summed E-state index contributed by atoms with van der Waals surface area (Å²) in [5.74, 6) is 0.401. The molecule has 2 aromatic rings. The number of hydrogen-bond donors (Lipinski definition) is 1. The van der Waals surface area contributed by atoms with Crippen molar-refractivity contribution < 1.29 is 9.13 Å². The minimum Gasteiger partial charge on any atom is -0.376 e. The van der Waals surface area contributed by atoms with Crippen molar-refractivity contribution in [3.8, 4) is 0 Å². The zero-order chi connectivity index (χ0) is 19.3. The molecule has 0 amide bonds. The first-order chi connectivity index (χ1) is 12.9. The zero-order valence-corrected chi connectivity index (χ0v) is 16.7. The van der Waals surface area contributed by atoms with Gasteiger partial charge in [-0.2, -0.15) is 0 Å². The predicted octanol–water partition coefficient (Wildman–Crippen LogP) is 4.74. The van der Waals surface area contributed by atoms with Crippen LogP contribution in [-0.4, -0.2) is 28.7 Å². The quantitative estimate of drug-likeness (QED) is 0.692. The van der Waals surface area contributed by atoms with Crippen LogP contribution >= 0.6 is 11.6 Å². The normalized spacial score (nSPS) is 20.4. The molecular weight excluding hydrogens is 365 g/mol. The fourth-order valence-electron chi connectivity index (χ4n) is 4.00. The van der Waals surface area contributed by atoms with Crippen molar-refractivity contribution in [3.05, 3.63) is 58.9 Å². The highest BCUT2D eigenvalue weighted by Gasteiger charge is 2.34. The van der Waals surface area contributed by atoms with E-state index < -0.39 is 0 Å². The largest absolute Gasteiger partial charge is 0.376 e. The lowest BCUT2D eigenvalue weighted by molar-refractivity contribution is -0.0772. The summed E-state index contributed by atoms with van der Waals surface area (Å²) in [6.07, 6.45) is 8.00. The Morgan fingerprint density at radius 3 is 2.78 bits per heavy atom. The third kappa shape index (κ3) is 5.96. The Morgan fingerprint density at radius 1 is 1.30 bits per heavy atom. The Kier molecular flexibility index (Phi) is 6.79. The van der Waals surface area contributed by atoms with Gasteiger partial charge in [0.25, 0.3) is 0 Å². The van der Waals surface area contributed by atoms with Gasteiger partial charge in [-0.05, 0) is 75.3 Å². The molecule has 0 bridgehead atoms. The SMILES string of the molecule is CC1(C)C[C@H]([C@H](CCNCc2cncnc2)c2cc(F)cc(Cl)c2)CCO1. The number of nitrogens with one attached hydrogen (secondary N) is 1. The maximum Gasteiger partial charge on any atom is 0.124 e. The molecule has 2 heterocycles. The highest BCUT2D eigenvalue weighted by atomic mass is 35.5. The molecule has 1 N–H and O–H groups in total. The van der Waals surface area contributed by atoms with Gasteiger partial charge in [0.05, 0.1) is 5.60 Å². The summed E-state index contributed by atoms with van der Waals surface area (Å²) in [5, 5.41) is 3.91. The molecule has 1 aromatic heterocycles. The van der Waals surface area contributed by atoms with Crippen molar-refractivity contribution in [1.29, 1.82) is 0 Å². The van der Waals surface area contributed by atoms with E-state index in [0.29, 0.717) is 10.9 Å². The third-order valence-corrected chi connectivity index (χ3v) is 5.41. The van der Waals surface area contributed by atoms with Crippen molar-refractivity contribution in [2.24, 2.45) is 5.92 Å². The van der Waals surface area contributed by atoms with Gasteiger partial charge >= 0.3 is 0 Å². The van der Waals surface area contributed by atoms with Crippen LogP contribution in [0.3, 0.4) is 0 Å². The first-order valence-electron chi connectivity index (χ1n) is 9.47. The molecule has 0 unspecified atom stereocenters. The van der Waals surface area contributed by atoms with Crippen LogP contribution in [0.2, 0.25) is 5.02 Å². The Balaban J connectivity index is 1.69. The van der Waals surface area contributed by atoms with Gasteiger partial charge in [-0.15, -0.1) is 0 Å². The number of nitrogens with zero attached hydrogens (tertiary/aromatic N) is 2. The van der Waals surface area contributed by atoms with E-state index in [-0.39, 0.29) is 17.3 Å². The molecule has 0 saturated carbocycles. The van der Waals surface area contributed by atoms with Crippen LogP contribution in [0.5, 0.6) is 0 Å². The van der Waals surface area contributed by atoms with Gasteiger partial charge in [0.1, 0.15) is 12.1 Å². The van der Waals surface area contributed by atoms with Crippen molar-refractivity contribution in [3.63, 3.8) is 0 Å². The van der Waals surface area contributed by atoms with Gasteiger partial charge < -0.3 is 10.1 Å². The Labute approximate surface area is 165 Å². The summed E-state index contributed by atoms with van der Waals surface area (Å²) >= 11 is 6.14. The van der Waals surface area contributed by atoms with E-state index >= 15 is 0 Å². The third-order valence-electron chi connectivity index (χ3n) is 5.19. The number of rotatable bonds is 7. The average Bonchev–Trinajstić information content (AvgIpc) is 2.61. The molecule has 2 atom stereocenters. The number of hydrogen-bond acceptors (Lipinski definition) is 4. The summed E-state index contributed by atoms with van der Waals surface area (Å²) < 4.78 is 19.9. The minimum absolute atomic E-state index is 0.146. The monoisotopic (exact) mass is 391 g/mol. The van der Waals surface area contributed by atoms with Crippen molar-refractivity contribution in [2.45, 2.75) is 51.2 Å². The molecular formula is C21H27ClFN3O. The van der Waals surface area contributed by atoms with E-state index in [1.807, 2.05) is 18.5 Å². The highest BCUT2D eigenvalue weighted by molar-refractivity contribution is 6.30. The van der Waals surface area contributed by atoms with Crippen molar-refractivity contribution in [1.82, 2.24) is 15.3 Å². The summed E-state index contributed by atoms with van der Waals surface area (Å²) in [7, 11) is 0. The van der Waals surface area contributed by atoms with Gasteiger partial charge in [0.2, 0.25) is 0 Å². The summed E-state index contributed by atoms with van der Waals surface area (Å²) in [6, 6.07) is 4.90. The molecule has 6 heteroatoms. The van der Waals surface area contributed by atoms with Crippen LogP contribution in [0.15, 0.2) is 36.9 Å². The van der Waals surface area contributed by atoms with Crippen molar-refractivity contribution >= 4 is 11.6 Å². The second-order valence-electron chi connectivity index (χ2n) is 7.88. The van der Waals surface area contributed by atoms with Crippen LogP contribution in [0.25, 0.3) is 0 Å². The fourth-order valence-corrected chi connectivity index (χ4v) is 4.23. The molecule has 3 rings (SSSR count). The topological polar surface area (TPSA) is 47.0 Å². The highest BCUT2D eigenvalue weighted by Crippen LogP contribution is 2.40. The lowest BCUT2D eigenvalue weighted by Gasteiger charge is -2.39. The molecule has 1 aliphatic rings. The van der Waals surface area contributed by atoms with Crippen LogP contribution in [0, 0.1) is 11.7 Å². The Morgan fingerprint density at radius 2 is 2.07 bits per heavy atom. The van der Waals surface area contributed by atoms with Gasteiger partial charge in [-0.3, -0.25) is 0 Å². The summed E-state index contributed by atoms with van der Waals surface area (Å²) in [6.45, 7) is 6.54. The molecule has 0 radical (unpaired) electrons. The number of ether oxygens (including phenoxy) is 1. The molecule has 1 aliphatic heterocycles.